The zero-order valence-corrected chi connectivity index (χ0v) is 14.4. The molecule has 1 aliphatic heterocycles. The lowest BCUT2D eigenvalue weighted by Gasteiger charge is -2.32. The molecule has 6 nitrogen and oxygen atoms in total. The molecule has 0 aromatic carbocycles. The number of aryl methyl sites for hydroxylation is 1. The molecule has 0 saturated carbocycles. The number of pyridine rings is 1. The summed E-state index contributed by atoms with van der Waals surface area (Å²) in [6.45, 7) is 4.73. The van der Waals surface area contributed by atoms with Crippen LogP contribution >= 0.6 is 0 Å². The van der Waals surface area contributed by atoms with E-state index in [1.165, 1.54) is 5.56 Å². The van der Waals surface area contributed by atoms with Gasteiger partial charge in [-0.3, -0.25) is 4.98 Å². The Morgan fingerprint density at radius 3 is 2.96 bits per heavy atom. The molecule has 4 heterocycles. The van der Waals surface area contributed by atoms with Gasteiger partial charge >= 0.3 is 0 Å². The van der Waals surface area contributed by atoms with Crippen LogP contribution in [0.3, 0.4) is 0 Å². The highest BCUT2D eigenvalue weighted by Crippen LogP contribution is 2.28. The fraction of sp³-hybridized carbons (Fsp3) is 0.368. The number of rotatable bonds is 4. The van der Waals surface area contributed by atoms with E-state index in [2.05, 4.69) is 41.7 Å². The molecule has 3 aromatic rings. The van der Waals surface area contributed by atoms with Gasteiger partial charge in [-0.05, 0) is 37.5 Å². The second kappa shape index (κ2) is 7.01. The standard InChI is InChI=1S/C19H22N6/c1-15-6-8-22-19(23-15)25-10-3-5-17(14-25)18-21-9-11-24(18)13-16-4-2-7-20-12-16/h2,4,6-9,11-12,17H,3,5,10,13-14H2,1H3. The smallest absolute Gasteiger partial charge is 0.225 e. The topological polar surface area (TPSA) is 59.7 Å². The van der Waals surface area contributed by atoms with Gasteiger partial charge in [0.25, 0.3) is 0 Å². The van der Waals surface area contributed by atoms with Crippen molar-refractivity contribution in [2.75, 3.05) is 18.0 Å². The van der Waals surface area contributed by atoms with Gasteiger partial charge in [-0.2, -0.15) is 0 Å². The van der Waals surface area contributed by atoms with Crippen LogP contribution in [0.4, 0.5) is 5.95 Å². The lowest BCUT2D eigenvalue weighted by atomic mass is 9.97. The first-order chi connectivity index (χ1) is 12.3. The Morgan fingerprint density at radius 1 is 1.16 bits per heavy atom. The summed E-state index contributed by atoms with van der Waals surface area (Å²) >= 11 is 0. The van der Waals surface area contributed by atoms with Crippen molar-refractivity contribution in [1.82, 2.24) is 24.5 Å². The molecule has 0 spiro atoms. The lowest BCUT2D eigenvalue weighted by Crippen LogP contribution is -2.36. The van der Waals surface area contributed by atoms with E-state index >= 15 is 0 Å². The first kappa shape index (κ1) is 15.7. The molecule has 0 amide bonds. The van der Waals surface area contributed by atoms with Crippen LogP contribution in [0.15, 0.2) is 49.2 Å². The van der Waals surface area contributed by atoms with Gasteiger partial charge in [-0.25, -0.2) is 15.0 Å². The average Bonchev–Trinajstić information content (AvgIpc) is 3.11. The number of hydrogen-bond acceptors (Lipinski definition) is 5. The largest absolute Gasteiger partial charge is 0.340 e. The van der Waals surface area contributed by atoms with E-state index in [4.69, 9.17) is 0 Å². The second-order valence-electron chi connectivity index (χ2n) is 6.56. The van der Waals surface area contributed by atoms with Gasteiger partial charge in [0.15, 0.2) is 0 Å². The molecule has 128 valence electrons. The van der Waals surface area contributed by atoms with E-state index in [0.717, 1.165) is 49.9 Å². The van der Waals surface area contributed by atoms with E-state index in [1.54, 1.807) is 6.20 Å². The molecule has 1 atom stereocenters. The van der Waals surface area contributed by atoms with Crippen molar-refractivity contribution in [3.8, 4) is 0 Å². The molecule has 4 rings (SSSR count). The molecule has 25 heavy (non-hydrogen) atoms. The summed E-state index contributed by atoms with van der Waals surface area (Å²) in [5.74, 6) is 2.36. The highest BCUT2D eigenvalue weighted by Gasteiger charge is 2.26. The summed E-state index contributed by atoms with van der Waals surface area (Å²) in [4.78, 5) is 20.2. The maximum absolute atomic E-state index is 4.66. The molecular weight excluding hydrogens is 312 g/mol. The normalized spacial score (nSPS) is 17.6. The maximum atomic E-state index is 4.66. The van der Waals surface area contributed by atoms with Crippen molar-refractivity contribution in [2.45, 2.75) is 32.2 Å². The molecule has 1 fully saturated rings. The first-order valence-corrected chi connectivity index (χ1v) is 8.74. The van der Waals surface area contributed by atoms with Crippen LogP contribution in [-0.2, 0) is 6.54 Å². The number of aromatic nitrogens is 5. The summed E-state index contributed by atoms with van der Waals surface area (Å²) in [6, 6.07) is 6.01. The Hall–Kier alpha value is -2.76. The summed E-state index contributed by atoms with van der Waals surface area (Å²) in [6.07, 6.45) is 11.8. The van der Waals surface area contributed by atoms with Gasteiger partial charge < -0.3 is 9.47 Å². The fourth-order valence-corrected chi connectivity index (χ4v) is 3.46. The van der Waals surface area contributed by atoms with Crippen LogP contribution in [0.1, 0.15) is 35.8 Å². The van der Waals surface area contributed by atoms with E-state index in [9.17, 15) is 0 Å². The second-order valence-corrected chi connectivity index (χ2v) is 6.56. The van der Waals surface area contributed by atoms with Crippen LogP contribution in [0.25, 0.3) is 0 Å². The molecule has 3 aromatic heterocycles. The molecule has 1 saturated heterocycles. The molecular formula is C19H22N6. The van der Waals surface area contributed by atoms with Crippen LogP contribution < -0.4 is 4.90 Å². The highest BCUT2D eigenvalue weighted by molar-refractivity contribution is 5.32. The van der Waals surface area contributed by atoms with Gasteiger partial charge in [0, 0.05) is 55.7 Å². The van der Waals surface area contributed by atoms with E-state index < -0.39 is 0 Å². The highest BCUT2D eigenvalue weighted by atomic mass is 15.3. The number of imidazole rings is 1. The average molecular weight is 334 g/mol. The summed E-state index contributed by atoms with van der Waals surface area (Å²) in [5.41, 5.74) is 2.20. The fourth-order valence-electron chi connectivity index (χ4n) is 3.46. The van der Waals surface area contributed by atoms with Gasteiger partial charge in [-0.1, -0.05) is 6.07 Å². The minimum atomic E-state index is 0.393. The molecule has 0 radical (unpaired) electrons. The van der Waals surface area contributed by atoms with Crippen LogP contribution in [0.5, 0.6) is 0 Å². The zero-order valence-electron chi connectivity index (χ0n) is 14.4. The van der Waals surface area contributed by atoms with Crippen molar-refractivity contribution >= 4 is 5.95 Å². The van der Waals surface area contributed by atoms with Gasteiger partial charge in [0.1, 0.15) is 5.82 Å². The van der Waals surface area contributed by atoms with Crippen molar-refractivity contribution in [2.24, 2.45) is 0 Å². The third-order valence-corrected chi connectivity index (χ3v) is 4.67. The van der Waals surface area contributed by atoms with Crippen molar-refractivity contribution in [3.05, 3.63) is 66.3 Å². The van der Waals surface area contributed by atoms with E-state index in [1.807, 2.05) is 37.6 Å². The minimum Gasteiger partial charge on any atom is -0.340 e. The Morgan fingerprint density at radius 2 is 2.12 bits per heavy atom. The van der Waals surface area contributed by atoms with Gasteiger partial charge in [0.2, 0.25) is 5.95 Å². The Bertz CT molecular complexity index is 829. The van der Waals surface area contributed by atoms with Gasteiger partial charge in [0.05, 0.1) is 6.54 Å². The SMILES string of the molecule is Cc1ccnc(N2CCCC(c3nccn3Cc3cccnc3)C2)n1. The quantitative estimate of drug-likeness (QED) is 0.734. The predicted octanol–water partition coefficient (Wildman–Crippen LogP) is 2.81. The van der Waals surface area contributed by atoms with Gasteiger partial charge in [-0.15, -0.1) is 0 Å². The molecule has 6 heteroatoms. The number of hydrogen-bond donors (Lipinski definition) is 0. The van der Waals surface area contributed by atoms with Crippen LogP contribution in [0, 0.1) is 6.92 Å². The van der Waals surface area contributed by atoms with Crippen molar-refractivity contribution in [3.63, 3.8) is 0 Å². The Kier molecular flexibility index (Phi) is 4.41. The predicted molar refractivity (Wildman–Crippen MR) is 96.5 cm³/mol. The number of nitrogens with zero attached hydrogens (tertiary/aromatic N) is 6. The lowest BCUT2D eigenvalue weighted by molar-refractivity contribution is 0.471. The third kappa shape index (κ3) is 3.52. The molecule has 0 N–H and O–H groups in total. The molecule has 0 aliphatic carbocycles. The summed E-state index contributed by atoms with van der Waals surface area (Å²) in [5, 5.41) is 0. The third-order valence-electron chi connectivity index (χ3n) is 4.67. The maximum Gasteiger partial charge on any atom is 0.225 e. The number of piperidine rings is 1. The molecule has 1 unspecified atom stereocenters. The molecule has 0 bridgehead atoms. The van der Waals surface area contributed by atoms with Crippen LogP contribution in [0.2, 0.25) is 0 Å². The van der Waals surface area contributed by atoms with E-state index in [-0.39, 0.29) is 0 Å². The monoisotopic (exact) mass is 334 g/mol. The molecule has 1 aliphatic rings. The minimum absolute atomic E-state index is 0.393. The summed E-state index contributed by atoms with van der Waals surface area (Å²) < 4.78 is 2.24. The van der Waals surface area contributed by atoms with Crippen molar-refractivity contribution < 1.29 is 0 Å². The zero-order chi connectivity index (χ0) is 17.1. The number of anilines is 1. The summed E-state index contributed by atoms with van der Waals surface area (Å²) in [7, 11) is 0. The van der Waals surface area contributed by atoms with Crippen LogP contribution in [-0.4, -0.2) is 37.6 Å². The Labute approximate surface area is 147 Å². The van der Waals surface area contributed by atoms with Crippen molar-refractivity contribution in [1.29, 1.82) is 0 Å². The van der Waals surface area contributed by atoms with E-state index in [0.29, 0.717) is 5.92 Å². The first-order valence-electron chi connectivity index (χ1n) is 8.74. The Balaban J connectivity index is 1.53.